The number of anilines is 1. The van der Waals surface area contributed by atoms with Crippen molar-refractivity contribution >= 4 is 27.5 Å². The first kappa shape index (κ1) is 19.3. The van der Waals surface area contributed by atoms with Gasteiger partial charge in [0.25, 0.3) is 0 Å². The van der Waals surface area contributed by atoms with Crippen molar-refractivity contribution in [1.82, 2.24) is 14.7 Å². The van der Waals surface area contributed by atoms with Gasteiger partial charge in [0.2, 0.25) is 5.91 Å². The van der Waals surface area contributed by atoms with Gasteiger partial charge in [0.1, 0.15) is 0 Å². The lowest BCUT2D eigenvalue weighted by atomic mass is 10.2. The monoisotopic (exact) mass is 426 g/mol. The Morgan fingerprint density at radius 1 is 1.11 bits per heavy atom. The molecule has 3 aromatic rings. The highest BCUT2D eigenvalue weighted by atomic mass is 79.9. The predicted octanol–water partition coefficient (Wildman–Crippen LogP) is 4.32. The number of benzene rings is 2. The second kappa shape index (κ2) is 8.50. The number of nitrogens with zero attached hydrogens (tertiary/aromatic N) is 3. The summed E-state index contributed by atoms with van der Waals surface area (Å²) in [4.78, 5) is 14.4. The first-order valence-electron chi connectivity index (χ1n) is 8.79. The predicted molar refractivity (Wildman–Crippen MR) is 112 cm³/mol. The maximum absolute atomic E-state index is 12.4. The van der Waals surface area contributed by atoms with Crippen molar-refractivity contribution in [3.05, 3.63) is 76.0 Å². The van der Waals surface area contributed by atoms with E-state index >= 15 is 0 Å². The van der Waals surface area contributed by atoms with Crippen molar-refractivity contribution < 1.29 is 4.79 Å². The number of nitrogens with one attached hydrogen (secondary N) is 1. The van der Waals surface area contributed by atoms with E-state index in [1.807, 2.05) is 78.2 Å². The molecule has 6 heteroatoms. The van der Waals surface area contributed by atoms with Crippen LogP contribution in [0, 0.1) is 13.8 Å². The van der Waals surface area contributed by atoms with Crippen LogP contribution in [-0.2, 0) is 11.3 Å². The largest absolute Gasteiger partial charge is 0.324 e. The molecule has 5 nitrogen and oxygen atoms in total. The fourth-order valence-corrected chi connectivity index (χ4v) is 3.43. The Morgan fingerprint density at radius 2 is 1.78 bits per heavy atom. The first-order valence-corrected chi connectivity index (χ1v) is 9.58. The van der Waals surface area contributed by atoms with E-state index in [2.05, 4.69) is 33.3 Å². The van der Waals surface area contributed by atoms with E-state index in [4.69, 9.17) is 0 Å². The van der Waals surface area contributed by atoms with Gasteiger partial charge in [-0.1, -0.05) is 30.3 Å². The molecule has 3 rings (SSSR count). The summed E-state index contributed by atoms with van der Waals surface area (Å²) in [5.41, 5.74) is 5.04. The highest BCUT2D eigenvalue weighted by molar-refractivity contribution is 9.10. The van der Waals surface area contributed by atoms with Gasteiger partial charge in [-0.25, -0.2) is 4.68 Å². The molecule has 0 fully saturated rings. The van der Waals surface area contributed by atoms with Crippen LogP contribution in [0.5, 0.6) is 0 Å². The first-order chi connectivity index (χ1) is 13.0. The van der Waals surface area contributed by atoms with Crippen molar-refractivity contribution in [3.63, 3.8) is 0 Å². The van der Waals surface area contributed by atoms with Gasteiger partial charge >= 0.3 is 0 Å². The van der Waals surface area contributed by atoms with E-state index in [1.54, 1.807) is 0 Å². The molecule has 0 spiro atoms. The van der Waals surface area contributed by atoms with Gasteiger partial charge in [0, 0.05) is 22.3 Å². The molecule has 0 aliphatic rings. The number of hydrogen-bond acceptors (Lipinski definition) is 3. The third-order valence-corrected chi connectivity index (χ3v) is 5.12. The summed E-state index contributed by atoms with van der Waals surface area (Å²) < 4.78 is 2.83. The lowest BCUT2D eigenvalue weighted by molar-refractivity contribution is -0.117. The van der Waals surface area contributed by atoms with Crippen LogP contribution in [0.1, 0.15) is 17.0 Å². The van der Waals surface area contributed by atoms with Crippen molar-refractivity contribution in [2.24, 2.45) is 0 Å². The molecule has 0 saturated heterocycles. The Bertz CT molecular complexity index is 937. The number of halogens is 1. The molecule has 0 bridgehead atoms. The molecule has 0 aliphatic carbocycles. The molecule has 0 radical (unpaired) electrons. The summed E-state index contributed by atoms with van der Waals surface area (Å²) in [5.74, 6) is -0.0462. The van der Waals surface area contributed by atoms with Gasteiger partial charge in [-0.3, -0.25) is 9.69 Å². The molecule has 27 heavy (non-hydrogen) atoms. The topological polar surface area (TPSA) is 50.2 Å². The van der Waals surface area contributed by atoms with E-state index in [1.165, 1.54) is 0 Å². The molecule has 1 N–H and O–H groups in total. The van der Waals surface area contributed by atoms with E-state index < -0.39 is 0 Å². The Balaban J connectivity index is 1.68. The van der Waals surface area contributed by atoms with Crippen LogP contribution in [0.4, 0.5) is 5.69 Å². The van der Waals surface area contributed by atoms with Gasteiger partial charge < -0.3 is 5.32 Å². The molecule has 1 aromatic heterocycles. The Kier molecular flexibility index (Phi) is 6.08. The van der Waals surface area contributed by atoms with Crippen LogP contribution >= 0.6 is 15.9 Å². The molecular weight excluding hydrogens is 404 g/mol. The maximum Gasteiger partial charge on any atom is 0.238 e. The molecule has 0 aliphatic heterocycles. The summed E-state index contributed by atoms with van der Waals surface area (Å²) in [6.45, 7) is 5.04. The third kappa shape index (κ3) is 4.64. The zero-order valence-corrected chi connectivity index (χ0v) is 17.3. The summed E-state index contributed by atoms with van der Waals surface area (Å²) in [6, 6.07) is 17.7. The maximum atomic E-state index is 12.4. The van der Waals surface area contributed by atoms with E-state index in [9.17, 15) is 4.79 Å². The zero-order valence-electron chi connectivity index (χ0n) is 15.7. The second-order valence-electron chi connectivity index (χ2n) is 6.60. The minimum atomic E-state index is -0.0462. The standard InChI is InChI=1S/C21H23BrN4O/c1-15-18(16(2)26(24-15)17-9-5-4-6-10-17)13-25(3)14-21(27)23-20-12-8-7-11-19(20)22/h4-12H,13-14H2,1-3H3,(H,23,27). The molecule has 0 unspecified atom stereocenters. The SMILES string of the molecule is Cc1nn(-c2ccccc2)c(C)c1CN(C)CC(=O)Nc1ccccc1Br. The summed E-state index contributed by atoms with van der Waals surface area (Å²) >= 11 is 3.45. The second-order valence-corrected chi connectivity index (χ2v) is 7.45. The van der Waals surface area contributed by atoms with Crippen LogP contribution in [-0.4, -0.2) is 34.2 Å². The van der Waals surface area contributed by atoms with E-state index in [0.29, 0.717) is 13.1 Å². The number of hydrogen-bond donors (Lipinski definition) is 1. The van der Waals surface area contributed by atoms with Gasteiger partial charge in [0.05, 0.1) is 23.6 Å². The van der Waals surface area contributed by atoms with Gasteiger partial charge in [-0.15, -0.1) is 0 Å². The minimum Gasteiger partial charge on any atom is -0.324 e. The van der Waals surface area contributed by atoms with Crippen LogP contribution in [0.25, 0.3) is 5.69 Å². The lowest BCUT2D eigenvalue weighted by Gasteiger charge is -2.17. The summed E-state index contributed by atoms with van der Waals surface area (Å²) in [6.07, 6.45) is 0. The van der Waals surface area contributed by atoms with E-state index in [0.717, 1.165) is 32.8 Å². The van der Waals surface area contributed by atoms with Gasteiger partial charge in [-0.05, 0) is 61.1 Å². The molecular formula is C21H23BrN4O. The van der Waals surface area contributed by atoms with Gasteiger partial charge in [0.15, 0.2) is 0 Å². The highest BCUT2D eigenvalue weighted by Gasteiger charge is 2.16. The summed E-state index contributed by atoms with van der Waals surface area (Å²) in [7, 11) is 1.94. The van der Waals surface area contributed by atoms with Crippen LogP contribution in [0.3, 0.4) is 0 Å². The minimum absolute atomic E-state index is 0.0462. The quantitative estimate of drug-likeness (QED) is 0.638. The lowest BCUT2D eigenvalue weighted by Crippen LogP contribution is -2.30. The molecule has 0 saturated carbocycles. The third-order valence-electron chi connectivity index (χ3n) is 4.43. The van der Waals surface area contributed by atoms with Crippen molar-refractivity contribution in [1.29, 1.82) is 0 Å². The highest BCUT2D eigenvalue weighted by Crippen LogP contribution is 2.22. The fraction of sp³-hybridized carbons (Fsp3) is 0.238. The molecule has 140 valence electrons. The number of rotatable bonds is 6. The molecule has 1 heterocycles. The van der Waals surface area contributed by atoms with Crippen molar-refractivity contribution in [2.45, 2.75) is 20.4 Å². The van der Waals surface area contributed by atoms with Gasteiger partial charge in [-0.2, -0.15) is 5.10 Å². The van der Waals surface area contributed by atoms with Crippen LogP contribution in [0.2, 0.25) is 0 Å². The Labute approximate surface area is 168 Å². The van der Waals surface area contributed by atoms with Crippen LogP contribution < -0.4 is 5.32 Å². The Morgan fingerprint density at radius 3 is 2.48 bits per heavy atom. The van der Waals surface area contributed by atoms with Crippen molar-refractivity contribution in [3.8, 4) is 5.69 Å². The molecule has 2 aromatic carbocycles. The van der Waals surface area contributed by atoms with Crippen molar-refractivity contribution in [2.75, 3.05) is 18.9 Å². The van der Waals surface area contributed by atoms with Crippen LogP contribution in [0.15, 0.2) is 59.1 Å². The number of para-hydroxylation sites is 2. The smallest absolute Gasteiger partial charge is 0.238 e. The zero-order chi connectivity index (χ0) is 19.4. The average molecular weight is 427 g/mol. The number of carbonyl (C=O) groups excluding carboxylic acids is 1. The van der Waals surface area contributed by atoms with E-state index in [-0.39, 0.29) is 5.91 Å². The number of likely N-dealkylation sites (N-methyl/N-ethyl adjacent to an activating group) is 1. The number of aromatic nitrogens is 2. The number of amides is 1. The normalized spacial score (nSPS) is 11.0. The molecule has 0 atom stereocenters. The fourth-order valence-electron chi connectivity index (χ4n) is 3.05. The summed E-state index contributed by atoms with van der Waals surface area (Å²) in [5, 5.41) is 7.61. The molecule has 1 amide bonds. The average Bonchev–Trinajstić information content (AvgIpc) is 2.92. The Hall–Kier alpha value is -2.44. The number of carbonyl (C=O) groups is 1. The number of aryl methyl sites for hydroxylation is 1.